The summed E-state index contributed by atoms with van der Waals surface area (Å²) in [6, 6.07) is 8.79. The maximum atomic E-state index is 11.3. The zero-order chi connectivity index (χ0) is 13.8. The molecule has 0 bridgehead atoms. The Balaban J connectivity index is 2.07. The van der Waals surface area contributed by atoms with Gasteiger partial charge in [0.15, 0.2) is 0 Å². The number of carbonyl (C=O) groups is 1. The average molecular weight is 342 g/mol. The highest BCUT2D eigenvalue weighted by atomic mass is 79.9. The van der Waals surface area contributed by atoms with Crippen molar-refractivity contribution in [2.24, 2.45) is 0 Å². The van der Waals surface area contributed by atoms with E-state index in [1.165, 1.54) is 7.11 Å². The number of hydrogen-bond acceptors (Lipinski definition) is 5. The monoisotopic (exact) mass is 341 g/mol. The number of carbonyl (C=O) groups excluding carboxylic acids is 1. The van der Waals surface area contributed by atoms with Crippen LogP contribution < -0.4 is 10.5 Å². The van der Waals surface area contributed by atoms with E-state index in [0.717, 1.165) is 8.66 Å². The second-order valence-corrected chi connectivity index (χ2v) is 6.29. The Morgan fingerprint density at radius 2 is 2.16 bits per heavy atom. The summed E-state index contributed by atoms with van der Waals surface area (Å²) in [5, 5.41) is 0. The first-order chi connectivity index (χ1) is 9.10. The van der Waals surface area contributed by atoms with Crippen molar-refractivity contribution in [2.45, 2.75) is 6.61 Å². The van der Waals surface area contributed by atoms with Gasteiger partial charge in [-0.3, -0.25) is 0 Å². The van der Waals surface area contributed by atoms with Gasteiger partial charge in [0.2, 0.25) is 0 Å². The van der Waals surface area contributed by atoms with Crippen molar-refractivity contribution in [1.29, 1.82) is 0 Å². The minimum atomic E-state index is -0.416. The van der Waals surface area contributed by atoms with Crippen LogP contribution in [0.1, 0.15) is 15.2 Å². The van der Waals surface area contributed by atoms with Crippen molar-refractivity contribution >= 4 is 38.9 Å². The molecule has 2 N–H and O–H groups in total. The van der Waals surface area contributed by atoms with E-state index >= 15 is 0 Å². The molecule has 0 saturated carbocycles. The molecule has 6 heteroatoms. The number of anilines is 1. The summed E-state index contributed by atoms with van der Waals surface area (Å²) in [6.07, 6.45) is 0. The van der Waals surface area contributed by atoms with Crippen molar-refractivity contribution in [3.8, 4) is 5.75 Å². The van der Waals surface area contributed by atoms with E-state index < -0.39 is 5.97 Å². The van der Waals surface area contributed by atoms with Gasteiger partial charge in [-0.15, -0.1) is 11.3 Å². The Labute approximate surface area is 123 Å². The van der Waals surface area contributed by atoms with Crippen molar-refractivity contribution in [3.63, 3.8) is 0 Å². The standard InChI is InChI=1S/C13H12BrNO3S/c1-17-13(16)8-2-4-11(10(15)6-8)18-7-9-3-5-12(14)19-9/h2-6H,7,15H2,1H3. The van der Waals surface area contributed by atoms with Crippen LogP contribution in [0, 0.1) is 0 Å². The van der Waals surface area contributed by atoms with Gasteiger partial charge in [-0.1, -0.05) is 0 Å². The molecule has 0 aliphatic rings. The van der Waals surface area contributed by atoms with Gasteiger partial charge < -0.3 is 15.2 Å². The lowest BCUT2D eigenvalue weighted by molar-refractivity contribution is 0.0601. The maximum Gasteiger partial charge on any atom is 0.337 e. The molecule has 100 valence electrons. The molecule has 0 spiro atoms. The van der Waals surface area contributed by atoms with Gasteiger partial charge in [0, 0.05) is 4.88 Å². The summed E-state index contributed by atoms with van der Waals surface area (Å²) in [7, 11) is 1.33. The fourth-order valence-electron chi connectivity index (χ4n) is 1.50. The van der Waals surface area contributed by atoms with E-state index in [9.17, 15) is 4.79 Å². The molecule has 1 aromatic heterocycles. The maximum absolute atomic E-state index is 11.3. The van der Waals surface area contributed by atoms with Crippen LogP contribution in [-0.4, -0.2) is 13.1 Å². The number of benzene rings is 1. The molecule has 19 heavy (non-hydrogen) atoms. The molecule has 0 aliphatic carbocycles. The van der Waals surface area contributed by atoms with E-state index in [0.29, 0.717) is 23.6 Å². The quantitative estimate of drug-likeness (QED) is 0.683. The molecule has 2 rings (SSSR count). The van der Waals surface area contributed by atoms with E-state index in [1.807, 2.05) is 12.1 Å². The summed E-state index contributed by atoms with van der Waals surface area (Å²) in [6.45, 7) is 0.442. The molecule has 0 radical (unpaired) electrons. The lowest BCUT2D eigenvalue weighted by Gasteiger charge is -2.09. The fourth-order valence-corrected chi connectivity index (χ4v) is 2.90. The molecular formula is C13H12BrNO3S. The number of nitrogen functional groups attached to an aromatic ring is 1. The zero-order valence-corrected chi connectivity index (χ0v) is 12.6. The lowest BCUT2D eigenvalue weighted by Crippen LogP contribution is -2.03. The minimum Gasteiger partial charge on any atom is -0.486 e. The lowest BCUT2D eigenvalue weighted by atomic mass is 10.2. The van der Waals surface area contributed by atoms with Crippen molar-refractivity contribution in [1.82, 2.24) is 0 Å². The number of methoxy groups -OCH3 is 1. The third-order valence-electron chi connectivity index (χ3n) is 2.43. The second-order valence-electron chi connectivity index (χ2n) is 3.74. The van der Waals surface area contributed by atoms with Crippen LogP contribution in [-0.2, 0) is 11.3 Å². The molecule has 0 fully saturated rings. The Bertz CT molecular complexity index is 597. The molecular weight excluding hydrogens is 330 g/mol. The predicted molar refractivity (Wildman–Crippen MR) is 78.5 cm³/mol. The fraction of sp³-hybridized carbons (Fsp3) is 0.154. The second kappa shape index (κ2) is 6.08. The topological polar surface area (TPSA) is 61.5 Å². The van der Waals surface area contributed by atoms with E-state index in [-0.39, 0.29) is 0 Å². The van der Waals surface area contributed by atoms with Crippen LogP contribution in [0.5, 0.6) is 5.75 Å². The van der Waals surface area contributed by atoms with E-state index in [4.69, 9.17) is 10.5 Å². The first-order valence-electron chi connectivity index (χ1n) is 5.45. The van der Waals surface area contributed by atoms with Crippen LogP contribution in [0.25, 0.3) is 0 Å². The summed E-state index contributed by atoms with van der Waals surface area (Å²) >= 11 is 4.99. The molecule has 0 saturated heterocycles. The Morgan fingerprint density at radius 1 is 1.37 bits per heavy atom. The van der Waals surface area contributed by atoms with E-state index in [1.54, 1.807) is 29.5 Å². The number of ether oxygens (including phenoxy) is 2. The number of esters is 1. The smallest absolute Gasteiger partial charge is 0.337 e. The molecule has 1 heterocycles. The SMILES string of the molecule is COC(=O)c1ccc(OCc2ccc(Br)s2)c(N)c1. The highest BCUT2D eigenvalue weighted by Gasteiger charge is 2.09. The molecule has 0 aliphatic heterocycles. The highest BCUT2D eigenvalue weighted by Crippen LogP contribution is 2.27. The number of thiophene rings is 1. The molecule has 4 nitrogen and oxygen atoms in total. The number of halogens is 1. The van der Waals surface area contributed by atoms with Crippen LogP contribution in [0.15, 0.2) is 34.1 Å². The first kappa shape index (κ1) is 13.9. The largest absolute Gasteiger partial charge is 0.486 e. The van der Waals surface area contributed by atoms with Gasteiger partial charge in [0.05, 0.1) is 22.1 Å². The average Bonchev–Trinajstić information content (AvgIpc) is 2.82. The Hall–Kier alpha value is -1.53. The minimum absolute atomic E-state index is 0.409. The number of hydrogen-bond donors (Lipinski definition) is 1. The first-order valence-corrected chi connectivity index (χ1v) is 7.06. The summed E-state index contributed by atoms with van der Waals surface area (Å²) in [5.74, 6) is 0.137. The van der Waals surface area contributed by atoms with Crippen molar-refractivity contribution in [2.75, 3.05) is 12.8 Å². The Kier molecular flexibility index (Phi) is 4.44. The van der Waals surface area contributed by atoms with Crippen molar-refractivity contribution in [3.05, 3.63) is 44.6 Å². The van der Waals surface area contributed by atoms with Crippen LogP contribution >= 0.6 is 27.3 Å². The highest BCUT2D eigenvalue weighted by molar-refractivity contribution is 9.11. The number of rotatable bonds is 4. The summed E-state index contributed by atoms with van der Waals surface area (Å²) in [4.78, 5) is 12.4. The summed E-state index contributed by atoms with van der Waals surface area (Å²) in [5.41, 5.74) is 6.67. The third kappa shape index (κ3) is 3.48. The van der Waals surface area contributed by atoms with Gasteiger partial charge in [-0.25, -0.2) is 4.79 Å². The third-order valence-corrected chi connectivity index (χ3v) is 4.03. The van der Waals surface area contributed by atoms with Gasteiger partial charge in [0.1, 0.15) is 12.4 Å². The molecule has 1 aromatic carbocycles. The van der Waals surface area contributed by atoms with E-state index in [2.05, 4.69) is 20.7 Å². The number of nitrogens with two attached hydrogens (primary N) is 1. The predicted octanol–water partition coefficient (Wildman–Crippen LogP) is 3.46. The molecule has 0 unspecified atom stereocenters. The summed E-state index contributed by atoms with van der Waals surface area (Å²) < 4.78 is 11.3. The van der Waals surface area contributed by atoms with Gasteiger partial charge in [-0.05, 0) is 46.3 Å². The van der Waals surface area contributed by atoms with Gasteiger partial charge in [0.25, 0.3) is 0 Å². The zero-order valence-electron chi connectivity index (χ0n) is 10.2. The van der Waals surface area contributed by atoms with Crippen molar-refractivity contribution < 1.29 is 14.3 Å². The molecule has 0 amide bonds. The van der Waals surface area contributed by atoms with Crippen LogP contribution in [0.2, 0.25) is 0 Å². The Morgan fingerprint density at radius 3 is 2.74 bits per heavy atom. The normalized spacial score (nSPS) is 10.2. The molecule has 2 aromatic rings. The van der Waals surface area contributed by atoms with Crippen LogP contribution in [0.4, 0.5) is 5.69 Å². The van der Waals surface area contributed by atoms with Crippen LogP contribution in [0.3, 0.4) is 0 Å². The molecule has 0 atom stereocenters. The van der Waals surface area contributed by atoms with Gasteiger partial charge in [-0.2, -0.15) is 0 Å². The van der Waals surface area contributed by atoms with Gasteiger partial charge >= 0.3 is 5.97 Å².